The van der Waals surface area contributed by atoms with Crippen LogP contribution in [0, 0.1) is 0 Å². The molecule has 0 fully saturated rings. The smallest absolute Gasteiger partial charge is 0.323 e. The Labute approximate surface area is 92.4 Å². The molecule has 0 radical (unpaired) electrons. The molecule has 5 N–H and O–H groups in total. The number of nitrogens with two attached hydrogens (primary N) is 1. The van der Waals surface area contributed by atoms with E-state index in [4.69, 9.17) is 10.9 Å². The van der Waals surface area contributed by atoms with Gasteiger partial charge in [0.25, 0.3) is 0 Å². The van der Waals surface area contributed by atoms with E-state index in [0.29, 0.717) is 13.0 Å². The number of hydrazine groups is 1. The predicted octanol–water partition coefficient (Wildman–Crippen LogP) is -0.959. The minimum absolute atomic E-state index is 0.190. The number of rotatable bonds is 3. The number of nitrogens with one attached hydrogen (secondary N) is 2. The summed E-state index contributed by atoms with van der Waals surface area (Å²) in [6, 6.07) is 6.60. The van der Waals surface area contributed by atoms with E-state index in [2.05, 4.69) is 5.32 Å². The molecule has 0 aliphatic rings. The number of carbonyl (C=O) groups excluding carboxylic acids is 2. The van der Waals surface area contributed by atoms with Crippen LogP contribution in [0.5, 0.6) is 5.75 Å². The average Bonchev–Trinajstić information content (AvgIpc) is 2.30. The monoisotopic (exact) mass is 223 g/mol. The molecule has 1 aromatic rings. The van der Waals surface area contributed by atoms with Gasteiger partial charge in [0.2, 0.25) is 0 Å². The molecule has 0 aliphatic heterocycles. The maximum Gasteiger partial charge on any atom is 0.323 e. The van der Waals surface area contributed by atoms with Crippen LogP contribution in [0.25, 0.3) is 0 Å². The summed E-state index contributed by atoms with van der Waals surface area (Å²) < 4.78 is 0. The molecule has 6 nitrogen and oxygen atoms in total. The molecule has 0 bridgehead atoms. The number of hydrogen-bond donors (Lipinski definition) is 4. The molecule has 6 heteroatoms. The van der Waals surface area contributed by atoms with E-state index in [0.717, 1.165) is 5.56 Å². The molecule has 0 unspecified atom stereocenters. The Morgan fingerprint density at radius 3 is 2.38 bits per heavy atom. The van der Waals surface area contributed by atoms with Gasteiger partial charge in [0, 0.05) is 6.54 Å². The highest BCUT2D eigenvalue weighted by Crippen LogP contribution is 2.09. The van der Waals surface area contributed by atoms with Crippen LogP contribution in [0.1, 0.15) is 5.56 Å². The Kier molecular flexibility index (Phi) is 4.28. The highest BCUT2D eigenvalue weighted by atomic mass is 16.3. The zero-order valence-corrected chi connectivity index (χ0v) is 8.56. The minimum Gasteiger partial charge on any atom is -0.508 e. The summed E-state index contributed by atoms with van der Waals surface area (Å²) in [5.74, 6) is 3.34. The van der Waals surface area contributed by atoms with Crippen molar-refractivity contribution >= 4 is 11.8 Å². The van der Waals surface area contributed by atoms with Crippen LogP contribution in [0.3, 0.4) is 0 Å². The number of carbonyl (C=O) groups is 2. The third kappa shape index (κ3) is 3.58. The summed E-state index contributed by atoms with van der Waals surface area (Å²) in [6.07, 6.45) is 0.573. The van der Waals surface area contributed by atoms with Crippen molar-refractivity contribution < 1.29 is 14.7 Å². The van der Waals surface area contributed by atoms with E-state index >= 15 is 0 Å². The Bertz CT molecular complexity index is 375. The number of phenolic OH excluding ortho intramolecular Hbond substituents is 1. The molecule has 0 heterocycles. The van der Waals surface area contributed by atoms with E-state index in [1.165, 1.54) is 0 Å². The first kappa shape index (κ1) is 12.0. The van der Waals surface area contributed by atoms with Crippen molar-refractivity contribution in [3.63, 3.8) is 0 Å². The first-order chi connectivity index (χ1) is 7.63. The number of benzene rings is 1. The Morgan fingerprint density at radius 2 is 1.81 bits per heavy atom. The minimum atomic E-state index is -0.870. The van der Waals surface area contributed by atoms with Gasteiger partial charge in [-0.1, -0.05) is 12.1 Å². The highest BCUT2D eigenvalue weighted by molar-refractivity contribution is 6.34. The van der Waals surface area contributed by atoms with E-state index in [1.807, 2.05) is 0 Å². The van der Waals surface area contributed by atoms with Crippen molar-refractivity contribution in [3.8, 4) is 5.75 Å². The van der Waals surface area contributed by atoms with E-state index < -0.39 is 11.8 Å². The lowest BCUT2D eigenvalue weighted by Gasteiger charge is -2.04. The third-order valence-electron chi connectivity index (χ3n) is 1.97. The summed E-state index contributed by atoms with van der Waals surface area (Å²) in [6.45, 7) is 0.330. The number of hydrogen-bond acceptors (Lipinski definition) is 4. The first-order valence-electron chi connectivity index (χ1n) is 4.70. The summed E-state index contributed by atoms with van der Waals surface area (Å²) >= 11 is 0. The van der Waals surface area contributed by atoms with Crippen molar-refractivity contribution in [2.24, 2.45) is 5.84 Å². The Morgan fingerprint density at radius 1 is 1.19 bits per heavy atom. The van der Waals surface area contributed by atoms with Gasteiger partial charge in [0.15, 0.2) is 0 Å². The van der Waals surface area contributed by atoms with Crippen LogP contribution in [0.2, 0.25) is 0 Å². The molecule has 1 rings (SSSR count). The second kappa shape index (κ2) is 5.72. The number of aromatic hydroxyl groups is 1. The zero-order valence-electron chi connectivity index (χ0n) is 8.56. The van der Waals surface area contributed by atoms with Crippen molar-refractivity contribution in [2.45, 2.75) is 6.42 Å². The third-order valence-corrected chi connectivity index (χ3v) is 1.97. The quantitative estimate of drug-likeness (QED) is 0.229. The molecule has 2 amide bonds. The van der Waals surface area contributed by atoms with Gasteiger partial charge in [-0.25, -0.2) is 5.84 Å². The average molecular weight is 223 g/mol. The van der Waals surface area contributed by atoms with Gasteiger partial charge in [0.1, 0.15) is 5.75 Å². The number of phenols is 1. The lowest BCUT2D eigenvalue weighted by Crippen LogP contribution is -2.43. The SMILES string of the molecule is NNC(=O)C(=O)NCCc1ccc(O)cc1. The fourth-order valence-corrected chi connectivity index (χ4v) is 1.13. The molecule has 16 heavy (non-hydrogen) atoms. The van der Waals surface area contributed by atoms with Crippen LogP contribution in [-0.2, 0) is 16.0 Å². The molecule has 1 aromatic carbocycles. The normalized spacial score (nSPS) is 9.56. The van der Waals surface area contributed by atoms with Gasteiger partial charge in [-0.3, -0.25) is 15.0 Å². The Hall–Kier alpha value is -2.08. The van der Waals surface area contributed by atoms with Crippen molar-refractivity contribution in [2.75, 3.05) is 6.54 Å². The maximum absolute atomic E-state index is 11.0. The van der Waals surface area contributed by atoms with E-state index in [-0.39, 0.29) is 5.75 Å². The number of amides is 2. The molecule has 0 spiro atoms. The molecule has 0 aromatic heterocycles. The van der Waals surface area contributed by atoms with E-state index in [9.17, 15) is 9.59 Å². The fourth-order valence-electron chi connectivity index (χ4n) is 1.13. The van der Waals surface area contributed by atoms with Gasteiger partial charge >= 0.3 is 11.8 Å². The highest BCUT2D eigenvalue weighted by Gasteiger charge is 2.09. The van der Waals surface area contributed by atoms with Gasteiger partial charge in [0.05, 0.1) is 0 Å². The summed E-state index contributed by atoms with van der Waals surface area (Å²) in [4.78, 5) is 21.7. The largest absolute Gasteiger partial charge is 0.508 e. The van der Waals surface area contributed by atoms with Crippen LogP contribution in [0.4, 0.5) is 0 Å². The lowest BCUT2D eigenvalue weighted by atomic mass is 10.1. The summed E-state index contributed by atoms with van der Waals surface area (Å²) in [5.41, 5.74) is 2.69. The van der Waals surface area contributed by atoms with Crippen LogP contribution >= 0.6 is 0 Å². The second-order valence-electron chi connectivity index (χ2n) is 3.15. The van der Waals surface area contributed by atoms with Crippen LogP contribution < -0.4 is 16.6 Å². The zero-order chi connectivity index (χ0) is 12.0. The van der Waals surface area contributed by atoms with Gasteiger partial charge < -0.3 is 10.4 Å². The molecule has 0 saturated heterocycles. The fraction of sp³-hybridized carbons (Fsp3) is 0.200. The summed E-state index contributed by atoms with van der Waals surface area (Å²) in [7, 11) is 0. The Balaban J connectivity index is 2.33. The maximum atomic E-state index is 11.0. The van der Waals surface area contributed by atoms with Gasteiger partial charge in [-0.05, 0) is 24.1 Å². The first-order valence-corrected chi connectivity index (χ1v) is 4.70. The molecule has 0 saturated carbocycles. The van der Waals surface area contributed by atoms with Crippen LogP contribution in [0.15, 0.2) is 24.3 Å². The molecular weight excluding hydrogens is 210 g/mol. The van der Waals surface area contributed by atoms with Crippen molar-refractivity contribution in [1.82, 2.24) is 10.7 Å². The van der Waals surface area contributed by atoms with Gasteiger partial charge in [-0.15, -0.1) is 0 Å². The van der Waals surface area contributed by atoms with Crippen molar-refractivity contribution in [1.29, 1.82) is 0 Å². The molecule has 86 valence electrons. The second-order valence-corrected chi connectivity index (χ2v) is 3.15. The predicted molar refractivity (Wildman–Crippen MR) is 57.2 cm³/mol. The molecular formula is C10H13N3O3. The molecule has 0 atom stereocenters. The summed E-state index contributed by atoms with van der Waals surface area (Å²) in [5, 5.41) is 11.4. The van der Waals surface area contributed by atoms with E-state index in [1.54, 1.807) is 29.7 Å². The van der Waals surface area contributed by atoms with Crippen molar-refractivity contribution in [3.05, 3.63) is 29.8 Å². The topological polar surface area (TPSA) is 104 Å². The van der Waals surface area contributed by atoms with Gasteiger partial charge in [-0.2, -0.15) is 0 Å². The van der Waals surface area contributed by atoms with Crippen LogP contribution in [-0.4, -0.2) is 23.5 Å². The lowest BCUT2D eigenvalue weighted by molar-refractivity contribution is -0.139. The molecule has 0 aliphatic carbocycles. The standard InChI is InChI=1S/C10H13N3O3/c11-13-10(16)9(15)12-6-5-7-1-3-8(14)4-2-7/h1-4,14H,5-6,11H2,(H,12,15)(H,13,16).